The smallest absolute Gasteiger partial charge is 0.253 e. The number of anilines is 1. The highest BCUT2D eigenvalue weighted by atomic mass is 16.2. The molecule has 0 unspecified atom stereocenters. The number of benzene rings is 1. The Hall–Kier alpha value is -2.93. The quantitative estimate of drug-likeness (QED) is 0.755. The van der Waals surface area contributed by atoms with Crippen molar-refractivity contribution in [2.45, 2.75) is 6.92 Å². The van der Waals surface area contributed by atoms with Crippen molar-refractivity contribution in [3.8, 4) is 11.3 Å². The first-order valence-electron chi connectivity index (χ1n) is 9.70. The molecule has 0 radical (unpaired) electrons. The van der Waals surface area contributed by atoms with Crippen LogP contribution >= 0.6 is 0 Å². The Balaban J connectivity index is 1.58. The van der Waals surface area contributed by atoms with E-state index in [1.807, 2.05) is 36.2 Å². The molecule has 0 aliphatic carbocycles. The fraction of sp³-hybridized carbons (Fsp3) is 0.381. The van der Waals surface area contributed by atoms with E-state index in [2.05, 4.69) is 44.8 Å². The van der Waals surface area contributed by atoms with Gasteiger partial charge in [-0.15, -0.1) is 0 Å². The lowest BCUT2D eigenvalue weighted by Gasteiger charge is -2.32. The zero-order valence-corrected chi connectivity index (χ0v) is 16.6. The van der Waals surface area contributed by atoms with Crippen molar-refractivity contribution in [2.75, 3.05) is 51.7 Å². The zero-order chi connectivity index (χ0) is 19.7. The van der Waals surface area contributed by atoms with Crippen LogP contribution in [0.25, 0.3) is 22.3 Å². The second kappa shape index (κ2) is 7.59. The van der Waals surface area contributed by atoms with Crippen LogP contribution in [0.4, 0.5) is 5.82 Å². The summed E-state index contributed by atoms with van der Waals surface area (Å²) in [6.07, 6.45) is 1.59. The van der Waals surface area contributed by atoms with Gasteiger partial charge in [-0.05, 0) is 37.7 Å². The Morgan fingerprint density at radius 3 is 2.54 bits per heavy atom. The number of carbonyl (C=O) groups excluding carboxylic acids is 1. The van der Waals surface area contributed by atoms with Gasteiger partial charge in [0.25, 0.3) is 5.91 Å². The summed E-state index contributed by atoms with van der Waals surface area (Å²) in [5.41, 5.74) is 3.55. The number of aromatic nitrogens is 3. The van der Waals surface area contributed by atoms with Crippen LogP contribution in [0.2, 0.25) is 0 Å². The Morgan fingerprint density at radius 1 is 1.14 bits per heavy atom. The summed E-state index contributed by atoms with van der Waals surface area (Å²) >= 11 is 0. The van der Waals surface area contributed by atoms with Crippen LogP contribution < -0.4 is 4.90 Å². The first-order chi connectivity index (χ1) is 13.6. The van der Waals surface area contributed by atoms with E-state index in [-0.39, 0.29) is 5.91 Å². The van der Waals surface area contributed by atoms with Crippen LogP contribution in [0.5, 0.6) is 0 Å². The lowest BCUT2D eigenvalue weighted by Crippen LogP contribution is -2.47. The summed E-state index contributed by atoms with van der Waals surface area (Å²) in [4.78, 5) is 31.1. The number of fused-ring (bicyclic) bond motifs is 1. The maximum Gasteiger partial charge on any atom is 0.253 e. The number of amides is 1. The molecule has 2 aromatic heterocycles. The number of likely N-dealkylation sites (N-methyl/N-ethyl adjacent to an activating group) is 1. The van der Waals surface area contributed by atoms with Gasteiger partial charge in [0.1, 0.15) is 17.8 Å². The monoisotopic (exact) mass is 378 g/mol. The topological polar surface area (TPSA) is 68.4 Å². The molecule has 7 heteroatoms. The molecule has 3 heterocycles. The summed E-state index contributed by atoms with van der Waals surface area (Å²) in [6, 6.07) is 9.88. The van der Waals surface area contributed by atoms with Crippen molar-refractivity contribution in [3.63, 3.8) is 0 Å². The van der Waals surface area contributed by atoms with Gasteiger partial charge in [-0.25, -0.2) is 9.97 Å². The molecule has 28 heavy (non-hydrogen) atoms. The minimum atomic E-state index is 0.106. The van der Waals surface area contributed by atoms with Gasteiger partial charge in [0.05, 0.1) is 5.39 Å². The van der Waals surface area contributed by atoms with Crippen molar-refractivity contribution in [1.29, 1.82) is 0 Å². The van der Waals surface area contributed by atoms with E-state index in [1.165, 1.54) is 0 Å². The van der Waals surface area contributed by atoms with E-state index in [1.54, 1.807) is 6.33 Å². The number of aromatic amines is 1. The molecule has 0 atom stereocenters. The van der Waals surface area contributed by atoms with Crippen molar-refractivity contribution in [1.82, 2.24) is 24.8 Å². The van der Waals surface area contributed by atoms with Gasteiger partial charge >= 0.3 is 0 Å². The first kappa shape index (κ1) is 18.4. The molecule has 1 N–H and O–H groups in total. The van der Waals surface area contributed by atoms with E-state index in [9.17, 15) is 4.79 Å². The lowest BCUT2D eigenvalue weighted by atomic mass is 10.1. The van der Waals surface area contributed by atoms with Crippen LogP contribution in [-0.2, 0) is 0 Å². The normalized spacial score (nSPS) is 15.2. The van der Waals surface area contributed by atoms with Gasteiger partial charge in [-0.1, -0.05) is 12.1 Å². The molecule has 1 aliphatic heterocycles. The Morgan fingerprint density at radius 2 is 1.86 bits per heavy atom. The minimum Gasteiger partial charge on any atom is -0.359 e. The fourth-order valence-corrected chi connectivity index (χ4v) is 3.52. The molecule has 146 valence electrons. The van der Waals surface area contributed by atoms with Gasteiger partial charge in [0, 0.05) is 51.0 Å². The van der Waals surface area contributed by atoms with Crippen LogP contribution in [-0.4, -0.2) is 77.5 Å². The standard InChI is InChI=1S/C21H26N6O/c1-4-26(3)20-17-13-18(24-19(17)22-14-23-20)15-5-7-16(8-6-15)21(28)27-11-9-25(2)10-12-27/h5-8,13-14H,4,9-12H2,1-3H3,(H,22,23,24). The molecule has 1 amide bonds. The van der Waals surface area contributed by atoms with Gasteiger partial charge < -0.3 is 19.7 Å². The van der Waals surface area contributed by atoms with E-state index < -0.39 is 0 Å². The zero-order valence-electron chi connectivity index (χ0n) is 16.6. The summed E-state index contributed by atoms with van der Waals surface area (Å²) in [6.45, 7) is 6.38. The van der Waals surface area contributed by atoms with Gasteiger partial charge in [0.15, 0.2) is 0 Å². The second-order valence-corrected chi connectivity index (χ2v) is 7.33. The third kappa shape index (κ3) is 3.45. The number of piperazine rings is 1. The highest BCUT2D eigenvalue weighted by molar-refractivity contribution is 5.95. The SMILES string of the molecule is CCN(C)c1ncnc2[nH]c(-c3ccc(C(=O)N4CCN(C)CC4)cc3)cc12. The Bertz CT molecular complexity index is 972. The third-order valence-electron chi connectivity index (χ3n) is 5.47. The molecule has 1 saturated heterocycles. The van der Waals surface area contributed by atoms with Crippen LogP contribution in [0, 0.1) is 0 Å². The van der Waals surface area contributed by atoms with E-state index in [0.29, 0.717) is 0 Å². The van der Waals surface area contributed by atoms with Crippen LogP contribution in [0.15, 0.2) is 36.7 Å². The molecular weight excluding hydrogens is 352 g/mol. The number of H-pyrrole nitrogens is 1. The van der Waals surface area contributed by atoms with Gasteiger partial charge in [0.2, 0.25) is 0 Å². The molecule has 0 saturated carbocycles. The molecule has 3 aromatic rings. The van der Waals surface area contributed by atoms with Gasteiger partial charge in [-0.3, -0.25) is 4.79 Å². The summed E-state index contributed by atoms with van der Waals surface area (Å²) in [5, 5.41) is 0.999. The summed E-state index contributed by atoms with van der Waals surface area (Å²) in [5.74, 6) is 1.02. The largest absolute Gasteiger partial charge is 0.359 e. The molecule has 1 fully saturated rings. The fourth-order valence-electron chi connectivity index (χ4n) is 3.52. The van der Waals surface area contributed by atoms with Crippen LogP contribution in [0.1, 0.15) is 17.3 Å². The van der Waals surface area contributed by atoms with Gasteiger partial charge in [-0.2, -0.15) is 0 Å². The number of carbonyl (C=O) groups is 1. The van der Waals surface area contributed by atoms with E-state index in [4.69, 9.17) is 0 Å². The molecule has 7 nitrogen and oxygen atoms in total. The Kier molecular flexibility index (Phi) is 5.00. The highest BCUT2D eigenvalue weighted by Gasteiger charge is 2.20. The second-order valence-electron chi connectivity index (χ2n) is 7.33. The first-order valence-corrected chi connectivity index (χ1v) is 9.70. The maximum absolute atomic E-state index is 12.7. The summed E-state index contributed by atoms with van der Waals surface area (Å²) < 4.78 is 0. The molecule has 4 rings (SSSR count). The maximum atomic E-state index is 12.7. The summed E-state index contributed by atoms with van der Waals surface area (Å²) in [7, 11) is 4.11. The number of rotatable bonds is 4. The molecule has 1 aromatic carbocycles. The van der Waals surface area contributed by atoms with Crippen molar-refractivity contribution in [2.24, 2.45) is 0 Å². The highest BCUT2D eigenvalue weighted by Crippen LogP contribution is 2.28. The van der Waals surface area contributed by atoms with Crippen molar-refractivity contribution < 1.29 is 4.79 Å². The Labute approximate surface area is 165 Å². The average Bonchev–Trinajstić information content (AvgIpc) is 3.17. The molecule has 1 aliphatic rings. The molecule has 0 bridgehead atoms. The van der Waals surface area contributed by atoms with E-state index >= 15 is 0 Å². The van der Waals surface area contributed by atoms with Crippen molar-refractivity contribution >= 4 is 22.8 Å². The number of hydrogen-bond donors (Lipinski definition) is 1. The number of nitrogens with one attached hydrogen (secondary N) is 1. The third-order valence-corrected chi connectivity index (χ3v) is 5.47. The van der Waals surface area contributed by atoms with Crippen molar-refractivity contribution in [3.05, 3.63) is 42.2 Å². The minimum absolute atomic E-state index is 0.106. The van der Waals surface area contributed by atoms with E-state index in [0.717, 1.165) is 66.4 Å². The average molecular weight is 378 g/mol. The lowest BCUT2D eigenvalue weighted by molar-refractivity contribution is 0.0664. The number of nitrogens with zero attached hydrogens (tertiary/aromatic N) is 5. The molecular formula is C21H26N6O. The predicted octanol–water partition coefficient (Wildman–Crippen LogP) is 2.47. The number of hydrogen-bond acceptors (Lipinski definition) is 5. The molecule has 0 spiro atoms. The predicted molar refractivity (Wildman–Crippen MR) is 112 cm³/mol. The van der Waals surface area contributed by atoms with Crippen LogP contribution in [0.3, 0.4) is 0 Å².